The molecule has 0 spiro atoms. The van der Waals surface area contributed by atoms with Gasteiger partial charge in [0.25, 0.3) is 0 Å². The molecule has 0 atom stereocenters. The Balaban J connectivity index is 2.15. The van der Waals surface area contributed by atoms with Crippen LogP contribution in [0.5, 0.6) is 0 Å². The molecule has 2 heterocycles. The lowest BCUT2D eigenvalue weighted by Gasteiger charge is -2.05. The Kier molecular flexibility index (Phi) is 1.82. The lowest BCUT2D eigenvalue weighted by atomic mass is 10.3. The first-order valence-corrected chi connectivity index (χ1v) is 5.90. The van der Waals surface area contributed by atoms with E-state index in [2.05, 4.69) is 14.8 Å². The van der Waals surface area contributed by atoms with E-state index >= 15 is 0 Å². The van der Waals surface area contributed by atoms with Crippen LogP contribution < -0.4 is 5.73 Å². The zero-order chi connectivity index (χ0) is 10.4. The Hall–Kier alpha value is -1.36. The molecule has 2 aromatic rings. The lowest BCUT2D eigenvalue weighted by molar-refractivity contribution is 0.718. The molecule has 0 aliphatic heterocycles. The Morgan fingerprint density at radius 2 is 2.27 bits per heavy atom. The summed E-state index contributed by atoms with van der Waals surface area (Å²) < 4.78 is 2.21. The molecular weight excluding hydrogens is 208 g/mol. The molecule has 0 aromatic carbocycles. The van der Waals surface area contributed by atoms with Crippen molar-refractivity contribution in [3.63, 3.8) is 0 Å². The fourth-order valence-corrected chi connectivity index (χ4v) is 2.59. The number of aromatic nitrogens is 3. The predicted octanol–water partition coefficient (Wildman–Crippen LogP) is 2.23. The summed E-state index contributed by atoms with van der Waals surface area (Å²) in [6.45, 7) is 2.00. The van der Waals surface area contributed by atoms with Gasteiger partial charge in [0.1, 0.15) is 5.82 Å². The van der Waals surface area contributed by atoms with Crippen LogP contribution >= 0.6 is 11.3 Å². The molecular formula is C10H12N4S. The minimum atomic E-state index is 0.594. The molecule has 3 rings (SSSR count). The Bertz CT molecular complexity index is 495. The van der Waals surface area contributed by atoms with E-state index in [0.29, 0.717) is 6.04 Å². The van der Waals surface area contributed by atoms with Gasteiger partial charge < -0.3 is 10.3 Å². The van der Waals surface area contributed by atoms with Crippen molar-refractivity contribution in [1.29, 1.82) is 0 Å². The van der Waals surface area contributed by atoms with Gasteiger partial charge in [0, 0.05) is 6.04 Å². The molecule has 15 heavy (non-hydrogen) atoms. The molecule has 5 heteroatoms. The molecule has 1 aliphatic rings. The number of nitrogen functional groups attached to an aromatic ring is 1. The number of thiophene rings is 1. The summed E-state index contributed by atoms with van der Waals surface area (Å²) in [5, 5.41) is 10.4. The first-order chi connectivity index (χ1) is 7.27. The van der Waals surface area contributed by atoms with Crippen LogP contribution in [-0.4, -0.2) is 14.8 Å². The van der Waals surface area contributed by atoms with Crippen LogP contribution in [0.25, 0.3) is 10.7 Å². The van der Waals surface area contributed by atoms with E-state index < -0.39 is 0 Å². The molecule has 1 saturated carbocycles. The maximum atomic E-state index is 5.90. The average molecular weight is 220 g/mol. The first-order valence-electron chi connectivity index (χ1n) is 5.02. The van der Waals surface area contributed by atoms with E-state index in [-0.39, 0.29) is 0 Å². The largest absolute Gasteiger partial charge is 0.397 e. The van der Waals surface area contributed by atoms with E-state index in [0.717, 1.165) is 22.2 Å². The normalized spacial score (nSPS) is 15.8. The van der Waals surface area contributed by atoms with Crippen LogP contribution in [0.3, 0.4) is 0 Å². The second kappa shape index (κ2) is 3.06. The number of nitrogens with two attached hydrogens (primary N) is 1. The molecule has 0 saturated heterocycles. The number of aryl methyl sites for hydroxylation is 1. The molecule has 0 unspecified atom stereocenters. The summed E-state index contributed by atoms with van der Waals surface area (Å²) in [5.41, 5.74) is 6.70. The van der Waals surface area contributed by atoms with Crippen LogP contribution in [0.1, 0.15) is 24.7 Å². The monoisotopic (exact) mass is 220 g/mol. The van der Waals surface area contributed by atoms with Gasteiger partial charge in [-0.15, -0.1) is 21.5 Å². The second-order valence-corrected chi connectivity index (χ2v) is 4.79. The zero-order valence-electron chi connectivity index (χ0n) is 8.47. The summed E-state index contributed by atoms with van der Waals surface area (Å²) in [5.74, 6) is 1.92. The predicted molar refractivity (Wildman–Crippen MR) is 60.8 cm³/mol. The van der Waals surface area contributed by atoms with Crippen molar-refractivity contribution in [2.75, 3.05) is 5.73 Å². The van der Waals surface area contributed by atoms with Crippen molar-refractivity contribution < 1.29 is 0 Å². The van der Waals surface area contributed by atoms with Crippen molar-refractivity contribution >= 4 is 17.0 Å². The lowest BCUT2D eigenvalue weighted by Crippen LogP contribution is -2.00. The molecule has 0 bridgehead atoms. The number of anilines is 1. The van der Waals surface area contributed by atoms with Crippen molar-refractivity contribution in [3.05, 3.63) is 17.3 Å². The Morgan fingerprint density at radius 3 is 2.87 bits per heavy atom. The standard InChI is InChI=1S/C10H12N4S/c1-6-12-13-10(14(6)7-2-3-7)9-8(11)4-5-15-9/h4-5,7H,2-3,11H2,1H3. The minimum absolute atomic E-state index is 0.594. The highest BCUT2D eigenvalue weighted by Gasteiger charge is 2.29. The molecule has 78 valence electrons. The summed E-state index contributed by atoms with van der Waals surface area (Å²) in [6, 6.07) is 2.51. The average Bonchev–Trinajstić information content (AvgIpc) is 2.85. The van der Waals surface area contributed by atoms with E-state index in [1.54, 1.807) is 11.3 Å². The molecule has 2 aromatic heterocycles. The topological polar surface area (TPSA) is 56.7 Å². The highest BCUT2D eigenvalue weighted by atomic mass is 32.1. The van der Waals surface area contributed by atoms with Gasteiger partial charge >= 0.3 is 0 Å². The number of hydrogen-bond acceptors (Lipinski definition) is 4. The van der Waals surface area contributed by atoms with Crippen LogP contribution in [0.15, 0.2) is 11.4 Å². The van der Waals surface area contributed by atoms with Gasteiger partial charge in [-0.2, -0.15) is 0 Å². The number of hydrogen-bond donors (Lipinski definition) is 1. The summed E-state index contributed by atoms with van der Waals surface area (Å²) >= 11 is 1.63. The van der Waals surface area contributed by atoms with Crippen LogP contribution in [0, 0.1) is 6.92 Å². The molecule has 0 radical (unpaired) electrons. The van der Waals surface area contributed by atoms with Gasteiger partial charge in [-0.1, -0.05) is 0 Å². The van der Waals surface area contributed by atoms with Crippen LogP contribution in [0.4, 0.5) is 5.69 Å². The van der Waals surface area contributed by atoms with Crippen LogP contribution in [-0.2, 0) is 0 Å². The van der Waals surface area contributed by atoms with Gasteiger partial charge in [-0.3, -0.25) is 0 Å². The van der Waals surface area contributed by atoms with Gasteiger partial charge in [-0.25, -0.2) is 0 Å². The second-order valence-electron chi connectivity index (χ2n) is 3.88. The third kappa shape index (κ3) is 1.34. The van der Waals surface area contributed by atoms with Gasteiger partial charge in [0.15, 0.2) is 5.82 Å². The van der Waals surface area contributed by atoms with E-state index in [9.17, 15) is 0 Å². The van der Waals surface area contributed by atoms with Crippen LogP contribution in [0.2, 0.25) is 0 Å². The van der Waals surface area contributed by atoms with E-state index in [4.69, 9.17) is 5.73 Å². The third-order valence-electron chi connectivity index (χ3n) is 2.68. The van der Waals surface area contributed by atoms with Crippen molar-refractivity contribution in [2.45, 2.75) is 25.8 Å². The number of rotatable bonds is 2. The molecule has 2 N–H and O–H groups in total. The summed E-state index contributed by atoms with van der Waals surface area (Å²) in [6.07, 6.45) is 2.47. The molecule has 1 aliphatic carbocycles. The highest BCUT2D eigenvalue weighted by molar-refractivity contribution is 7.14. The molecule has 1 fully saturated rings. The van der Waals surface area contributed by atoms with Crippen molar-refractivity contribution in [2.24, 2.45) is 0 Å². The van der Waals surface area contributed by atoms with E-state index in [1.807, 2.05) is 18.4 Å². The fourth-order valence-electron chi connectivity index (χ4n) is 1.79. The van der Waals surface area contributed by atoms with Gasteiger partial charge in [-0.05, 0) is 31.2 Å². The Morgan fingerprint density at radius 1 is 1.47 bits per heavy atom. The maximum Gasteiger partial charge on any atom is 0.176 e. The smallest absolute Gasteiger partial charge is 0.176 e. The van der Waals surface area contributed by atoms with E-state index in [1.165, 1.54) is 12.8 Å². The summed E-state index contributed by atoms with van der Waals surface area (Å²) in [4.78, 5) is 1.04. The van der Waals surface area contributed by atoms with Crippen molar-refractivity contribution in [3.8, 4) is 10.7 Å². The van der Waals surface area contributed by atoms with Gasteiger partial charge in [0.2, 0.25) is 0 Å². The highest BCUT2D eigenvalue weighted by Crippen LogP contribution is 2.40. The fraction of sp³-hybridized carbons (Fsp3) is 0.400. The number of nitrogens with zero attached hydrogens (tertiary/aromatic N) is 3. The maximum absolute atomic E-state index is 5.90. The summed E-state index contributed by atoms with van der Waals surface area (Å²) in [7, 11) is 0. The Labute approximate surface area is 91.7 Å². The minimum Gasteiger partial charge on any atom is -0.397 e. The zero-order valence-corrected chi connectivity index (χ0v) is 9.29. The third-order valence-corrected chi connectivity index (χ3v) is 3.60. The molecule has 4 nitrogen and oxygen atoms in total. The van der Waals surface area contributed by atoms with Gasteiger partial charge in [0.05, 0.1) is 10.6 Å². The van der Waals surface area contributed by atoms with Crippen molar-refractivity contribution in [1.82, 2.24) is 14.8 Å². The first kappa shape index (κ1) is 8.91. The quantitative estimate of drug-likeness (QED) is 0.844. The SMILES string of the molecule is Cc1nnc(-c2sccc2N)n1C1CC1. The molecule has 0 amide bonds.